The Kier molecular flexibility index (Phi) is 3.26. The molecule has 0 fully saturated rings. The lowest BCUT2D eigenvalue weighted by Crippen LogP contribution is -1.98. The Hall–Kier alpha value is -2.00. The third-order valence-corrected chi connectivity index (χ3v) is 3.11. The molecule has 0 heterocycles. The van der Waals surface area contributed by atoms with Gasteiger partial charge in [0.25, 0.3) is 0 Å². The van der Waals surface area contributed by atoms with Crippen LogP contribution in [-0.2, 0) is 0 Å². The predicted octanol–water partition coefficient (Wildman–Crippen LogP) is 3.60. The van der Waals surface area contributed by atoms with E-state index in [1.54, 1.807) is 18.2 Å². The number of aryl methyl sites for hydroxylation is 1. The standard InChI is InChI=1S/C14H12ClNO2/c1-8-2-3-9(7-13(8)15)10-4-11(14(17)18)6-12(16)5-10/h2-7H,16H2,1H3,(H,17,18). The normalized spacial score (nSPS) is 10.3. The molecule has 0 aliphatic heterocycles. The van der Waals surface area contributed by atoms with Gasteiger partial charge in [0.2, 0.25) is 0 Å². The van der Waals surface area contributed by atoms with E-state index in [-0.39, 0.29) is 5.56 Å². The van der Waals surface area contributed by atoms with Crippen LogP contribution in [-0.4, -0.2) is 11.1 Å². The lowest BCUT2D eigenvalue weighted by molar-refractivity contribution is 0.0697. The highest BCUT2D eigenvalue weighted by Crippen LogP contribution is 2.27. The van der Waals surface area contributed by atoms with Gasteiger partial charge in [0.1, 0.15) is 0 Å². The van der Waals surface area contributed by atoms with Crippen molar-refractivity contribution >= 4 is 23.3 Å². The van der Waals surface area contributed by atoms with Crippen molar-refractivity contribution < 1.29 is 9.90 Å². The summed E-state index contributed by atoms with van der Waals surface area (Å²) in [5.74, 6) is -0.998. The Bertz CT molecular complexity index is 623. The van der Waals surface area contributed by atoms with Crippen LogP contribution in [0, 0.1) is 6.92 Å². The molecule has 0 aromatic heterocycles. The van der Waals surface area contributed by atoms with Gasteiger partial charge in [-0.1, -0.05) is 23.7 Å². The van der Waals surface area contributed by atoms with Gasteiger partial charge in [0.15, 0.2) is 0 Å². The monoisotopic (exact) mass is 261 g/mol. The number of nitrogen functional groups attached to an aromatic ring is 1. The molecule has 18 heavy (non-hydrogen) atoms. The van der Waals surface area contributed by atoms with E-state index in [1.807, 2.05) is 19.1 Å². The average Bonchev–Trinajstić information content (AvgIpc) is 2.31. The first-order valence-corrected chi connectivity index (χ1v) is 5.75. The highest BCUT2D eigenvalue weighted by molar-refractivity contribution is 6.31. The number of nitrogens with two attached hydrogens (primary N) is 1. The van der Waals surface area contributed by atoms with Crippen LogP contribution >= 0.6 is 11.6 Å². The highest BCUT2D eigenvalue weighted by Gasteiger charge is 2.08. The number of anilines is 1. The molecule has 2 rings (SSSR count). The largest absolute Gasteiger partial charge is 0.478 e. The van der Waals surface area contributed by atoms with Gasteiger partial charge in [-0.25, -0.2) is 4.79 Å². The summed E-state index contributed by atoms with van der Waals surface area (Å²) < 4.78 is 0. The minimum absolute atomic E-state index is 0.168. The summed E-state index contributed by atoms with van der Waals surface area (Å²) in [6.45, 7) is 1.91. The smallest absolute Gasteiger partial charge is 0.335 e. The second-order valence-electron chi connectivity index (χ2n) is 4.11. The molecular weight excluding hydrogens is 250 g/mol. The molecule has 2 aromatic rings. The third kappa shape index (κ3) is 2.46. The van der Waals surface area contributed by atoms with Gasteiger partial charge in [0, 0.05) is 10.7 Å². The van der Waals surface area contributed by atoms with Crippen LogP contribution in [0.25, 0.3) is 11.1 Å². The molecule has 3 N–H and O–H groups in total. The van der Waals surface area contributed by atoms with Crippen LogP contribution in [0.2, 0.25) is 5.02 Å². The maximum absolute atomic E-state index is 11.0. The SMILES string of the molecule is Cc1ccc(-c2cc(N)cc(C(=O)O)c2)cc1Cl. The van der Waals surface area contributed by atoms with Crippen LogP contribution in [0.15, 0.2) is 36.4 Å². The van der Waals surface area contributed by atoms with Crippen molar-refractivity contribution in [2.45, 2.75) is 6.92 Å². The van der Waals surface area contributed by atoms with Crippen molar-refractivity contribution in [1.29, 1.82) is 0 Å². The summed E-state index contributed by atoms with van der Waals surface area (Å²) in [6, 6.07) is 10.3. The van der Waals surface area contributed by atoms with Crippen molar-refractivity contribution in [3.63, 3.8) is 0 Å². The van der Waals surface area contributed by atoms with Gasteiger partial charge < -0.3 is 10.8 Å². The average molecular weight is 262 g/mol. The molecule has 92 valence electrons. The number of hydrogen-bond donors (Lipinski definition) is 2. The van der Waals surface area contributed by atoms with Crippen molar-refractivity contribution in [2.24, 2.45) is 0 Å². The van der Waals surface area contributed by atoms with E-state index in [9.17, 15) is 4.79 Å². The van der Waals surface area contributed by atoms with Crippen molar-refractivity contribution in [1.82, 2.24) is 0 Å². The maximum Gasteiger partial charge on any atom is 0.335 e. The van der Waals surface area contributed by atoms with Crippen molar-refractivity contribution in [3.8, 4) is 11.1 Å². The summed E-state index contributed by atoms with van der Waals surface area (Å²) in [5, 5.41) is 9.64. The molecule has 0 atom stereocenters. The minimum Gasteiger partial charge on any atom is -0.478 e. The first-order valence-electron chi connectivity index (χ1n) is 5.38. The molecule has 0 spiro atoms. The quantitative estimate of drug-likeness (QED) is 0.812. The fourth-order valence-electron chi connectivity index (χ4n) is 1.71. The highest BCUT2D eigenvalue weighted by atomic mass is 35.5. The summed E-state index contributed by atoms with van der Waals surface area (Å²) in [4.78, 5) is 11.0. The van der Waals surface area contributed by atoms with E-state index in [0.717, 1.165) is 16.7 Å². The topological polar surface area (TPSA) is 63.3 Å². The maximum atomic E-state index is 11.0. The number of aromatic carboxylic acids is 1. The Morgan fingerprint density at radius 3 is 2.50 bits per heavy atom. The molecule has 0 saturated heterocycles. The lowest BCUT2D eigenvalue weighted by atomic mass is 10.0. The minimum atomic E-state index is -0.998. The zero-order valence-electron chi connectivity index (χ0n) is 9.77. The Morgan fingerprint density at radius 1 is 1.17 bits per heavy atom. The molecule has 0 aliphatic rings. The number of rotatable bonds is 2. The van der Waals surface area contributed by atoms with Gasteiger partial charge in [-0.2, -0.15) is 0 Å². The second kappa shape index (κ2) is 4.70. The number of carboxylic acids is 1. The molecule has 0 unspecified atom stereocenters. The molecule has 0 amide bonds. The summed E-state index contributed by atoms with van der Waals surface area (Å²) >= 11 is 6.06. The van der Waals surface area contributed by atoms with Gasteiger partial charge in [0.05, 0.1) is 5.56 Å². The van der Waals surface area contributed by atoms with Gasteiger partial charge in [-0.05, 0) is 47.9 Å². The molecule has 0 bridgehead atoms. The van der Waals surface area contributed by atoms with Crippen molar-refractivity contribution in [2.75, 3.05) is 5.73 Å². The van der Waals surface area contributed by atoms with Crippen LogP contribution in [0.5, 0.6) is 0 Å². The molecule has 2 aromatic carbocycles. The van der Waals surface area contributed by atoms with Crippen LogP contribution in [0.3, 0.4) is 0 Å². The molecule has 3 nitrogen and oxygen atoms in total. The van der Waals surface area contributed by atoms with Gasteiger partial charge in [-0.15, -0.1) is 0 Å². The number of carbonyl (C=O) groups is 1. The second-order valence-corrected chi connectivity index (χ2v) is 4.52. The third-order valence-electron chi connectivity index (χ3n) is 2.71. The summed E-state index contributed by atoms with van der Waals surface area (Å²) in [5.41, 5.74) is 8.86. The van der Waals surface area contributed by atoms with Gasteiger partial charge >= 0.3 is 5.97 Å². The van der Waals surface area contributed by atoms with E-state index in [4.69, 9.17) is 22.4 Å². The zero-order chi connectivity index (χ0) is 13.3. The van der Waals surface area contributed by atoms with E-state index in [0.29, 0.717) is 10.7 Å². The van der Waals surface area contributed by atoms with E-state index >= 15 is 0 Å². The molecule has 4 heteroatoms. The molecule has 0 aliphatic carbocycles. The Balaban J connectivity index is 2.56. The molecule has 0 radical (unpaired) electrons. The molecular formula is C14H12ClNO2. The number of carboxylic acid groups (broad SMARTS) is 1. The first kappa shape index (κ1) is 12.5. The first-order chi connectivity index (χ1) is 8.47. The number of benzene rings is 2. The van der Waals surface area contributed by atoms with Gasteiger partial charge in [-0.3, -0.25) is 0 Å². The van der Waals surface area contributed by atoms with Crippen molar-refractivity contribution in [3.05, 3.63) is 52.5 Å². The van der Waals surface area contributed by atoms with Crippen LogP contribution in [0.1, 0.15) is 15.9 Å². The fourth-order valence-corrected chi connectivity index (χ4v) is 1.89. The van der Waals surface area contributed by atoms with E-state index in [2.05, 4.69) is 0 Å². The van der Waals surface area contributed by atoms with Crippen LogP contribution in [0.4, 0.5) is 5.69 Å². The fraction of sp³-hybridized carbons (Fsp3) is 0.0714. The number of halogens is 1. The predicted molar refractivity (Wildman–Crippen MR) is 73.0 cm³/mol. The van der Waals surface area contributed by atoms with Crippen LogP contribution < -0.4 is 5.73 Å². The lowest BCUT2D eigenvalue weighted by Gasteiger charge is -2.07. The Morgan fingerprint density at radius 2 is 1.89 bits per heavy atom. The number of hydrogen-bond acceptors (Lipinski definition) is 2. The van der Waals surface area contributed by atoms with E-state index in [1.165, 1.54) is 6.07 Å². The Labute approximate surface area is 110 Å². The summed E-state index contributed by atoms with van der Waals surface area (Å²) in [7, 11) is 0. The zero-order valence-corrected chi connectivity index (χ0v) is 10.5. The summed E-state index contributed by atoms with van der Waals surface area (Å²) in [6.07, 6.45) is 0. The van der Waals surface area contributed by atoms with E-state index < -0.39 is 5.97 Å². The molecule has 0 saturated carbocycles.